The zero-order valence-corrected chi connectivity index (χ0v) is 18.3. The lowest BCUT2D eigenvalue weighted by Crippen LogP contribution is -2.52. The van der Waals surface area contributed by atoms with Gasteiger partial charge in [0.05, 0.1) is 47.8 Å². The van der Waals surface area contributed by atoms with E-state index in [9.17, 15) is 34.6 Å². The summed E-state index contributed by atoms with van der Waals surface area (Å²) in [6.07, 6.45) is 0.654. The van der Waals surface area contributed by atoms with E-state index >= 15 is 0 Å². The van der Waals surface area contributed by atoms with Gasteiger partial charge >= 0.3 is 0 Å². The van der Waals surface area contributed by atoms with Crippen LogP contribution in [0, 0.1) is 0 Å². The lowest BCUT2D eigenvalue weighted by Gasteiger charge is -2.39. The molecular formula is C14H29NO10S3. The van der Waals surface area contributed by atoms with Crippen LogP contribution >= 0.6 is 0 Å². The van der Waals surface area contributed by atoms with Gasteiger partial charge in [-0.2, -0.15) is 16.8 Å². The Labute approximate surface area is 167 Å². The highest BCUT2D eigenvalue weighted by molar-refractivity contribution is 7.86. The number of quaternary nitrogens is 1. The first-order valence-electron chi connectivity index (χ1n) is 8.72. The van der Waals surface area contributed by atoms with E-state index in [-0.39, 0.29) is 55.6 Å². The van der Waals surface area contributed by atoms with Crippen molar-refractivity contribution in [3.05, 3.63) is 0 Å². The van der Waals surface area contributed by atoms with Crippen LogP contribution in [-0.4, -0.2) is 92.6 Å². The SMILES string of the molecule is CC(=O)CCC[N+](CCCS(=O)(=O)[O-])(CCCS(=O)(=O)O)CCCS(=O)(=O)O. The number of ketones is 1. The Morgan fingerprint density at radius 2 is 1.11 bits per heavy atom. The first-order valence-corrected chi connectivity index (χ1v) is 13.5. The third kappa shape index (κ3) is 16.3. The molecule has 0 spiro atoms. The summed E-state index contributed by atoms with van der Waals surface area (Å²) < 4.78 is 94.5. The molecule has 2 N–H and O–H groups in total. The molecule has 0 aliphatic rings. The Morgan fingerprint density at radius 3 is 1.43 bits per heavy atom. The lowest BCUT2D eigenvalue weighted by molar-refractivity contribution is -0.928. The molecule has 0 rings (SSSR count). The molecule has 0 saturated heterocycles. The van der Waals surface area contributed by atoms with Crippen LogP contribution in [-0.2, 0) is 35.1 Å². The molecule has 0 amide bonds. The molecule has 0 unspecified atom stereocenters. The van der Waals surface area contributed by atoms with Crippen molar-refractivity contribution in [2.24, 2.45) is 0 Å². The predicted octanol–water partition coefficient (Wildman–Crippen LogP) is -0.336. The summed E-state index contributed by atoms with van der Waals surface area (Å²) in [7, 11) is -12.9. The fourth-order valence-electron chi connectivity index (χ4n) is 3.08. The number of Topliss-reactive ketones (excluding diaryl/α,β-unsaturated/α-hetero) is 1. The minimum absolute atomic E-state index is 0.0227. The maximum absolute atomic E-state index is 11.2. The van der Waals surface area contributed by atoms with E-state index < -0.39 is 47.6 Å². The monoisotopic (exact) mass is 467 g/mol. The molecule has 14 heteroatoms. The lowest BCUT2D eigenvalue weighted by atomic mass is 10.1. The summed E-state index contributed by atoms with van der Waals surface area (Å²) in [6.45, 7) is 2.21. The van der Waals surface area contributed by atoms with Crippen LogP contribution in [0.5, 0.6) is 0 Å². The van der Waals surface area contributed by atoms with E-state index in [1.807, 2.05) is 0 Å². The number of carbonyl (C=O) groups is 1. The second-order valence-corrected chi connectivity index (χ2v) is 11.6. The summed E-state index contributed by atoms with van der Waals surface area (Å²) in [5.74, 6) is -1.76. The van der Waals surface area contributed by atoms with Crippen molar-refractivity contribution in [1.29, 1.82) is 0 Å². The fraction of sp³-hybridized carbons (Fsp3) is 0.929. The molecule has 0 aromatic rings. The van der Waals surface area contributed by atoms with Crippen LogP contribution in [0.15, 0.2) is 0 Å². The van der Waals surface area contributed by atoms with E-state index in [1.165, 1.54) is 6.92 Å². The van der Waals surface area contributed by atoms with E-state index in [1.54, 1.807) is 0 Å². The first-order chi connectivity index (χ1) is 12.5. The average molecular weight is 468 g/mol. The van der Waals surface area contributed by atoms with Gasteiger partial charge in [0.15, 0.2) is 0 Å². The predicted molar refractivity (Wildman–Crippen MR) is 101 cm³/mol. The van der Waals surface area contributed by atoms with Gasteiger partial charge in [-0.15, -0.1) is 0 Å². The van der Waals surface area contributed by atoms with Crippen molar-refractivity contribution < 1.29 is 48.2 Å². The van der Waals surface area contributed by atoms with Crippen LogP contribution in [0.3, 0.4) is 0 Å². The number of rotatable bonds is 16. The largest absolute Gasteiger partial charge is 0.748 e. The Hall–Kier alpha value is -0.640. The van der Waals surface area contributed by atoms with Crippen LogP contribution < -0.4 is 0 Å². The summed E-state index contributed by atoms with van der Waals surface area (Å²) in [6, 6.07) is 0. The zero-order valence-electron chi connectivity index (χ0n) is 15.8. The zero-order chi connectivity index (χ0) is 22.1. The molecular weight excluding hydrogens is 438 g/mol. The smallest absolute Gasteiger partial charge is 0.265 e. The van der Waals surface area contributed by atoms with Crippen molar-refractivity contribution in [1.82, 2.24) is 0 Å². The van der Waals surface area contributed by atoms with Crippen LogP contribution in [0.2, 0.25) is 0 Å². The van der Waals surface area contributed by atoms with Crippen LogP contribution in [0.4, 0.5) is 0 Å². The van der Waals surface area contributed by atoms with E-state index in [4.69, 9.17) is 9.11 Å². The molecule has 168 valence electrons. The third-order valence-corrected chi connectivity index (χ3v) is 6.66. The van der Waals surface area contributed by atoms with Crippen LogP contribution in [0.1, 0.15) is 39.0 Å². The molecule has 0 atom stereocenters. The molecule has 0 aromatic carbocycles. The second kappa shape index (κ2) is 11.5. The van der Waals surface area contributed by atoms with Crippen LogP contribution in [0.25, 0.3) is 0 Å². The Balaban J connectivity index is 5.34. The number of hydrogen-bond donors (Lipinski definition) is 2. The maximum Gasteiger partial charge on any atom is 0.265 e. The summed E-state index contributed by atoms with van der Waals surface area (Å²) in [4.78, 5) is 11.2. The molecule has 0 bridgehead atoms. The second-order valence-electron chi connectivity index (χ2n) is 6.94. The Morgan fingerprint density at radius 1 is 0.750 bits per heavy atom. The van der Waals surface area contributed by atoms with Crippen molar-refractivity contribution in [3.8, 4) is 0 Å². The normalized spacial score (nSPS) is 13.6. The van der Waals surface area contributed by atoms with Gasteiger partial charge in [-0.25, -0.2) is 8.42 Å². The van der Waals surface area contributed by atoms with Gasteiger partial charge < -0.3 is 13.8 Å². The van der Waals surface area contributed by atoms with E-state index in [0.29, 0.717) is 13.0 Å². The topological polar surface area (TPSA) is 183 Å². The fourth-order valence-corrected chi connectivity index (χ4v) is 4.55. The summed E-state index contributed by atoms with van der Waals surface area (Å²) in [5.41, 5.74) is 0. The molecule has 0 aliphatic heterocycles. The molecule has 0 aliphatic carbocycles. The average Bonchev–Trinajstić information content (AvgIpc) is 2.42. The number of carbonyl (C=O) groups excluding carboxylic acids is 1. The van der Waals surface area contributed by atoms with Gasteiger partial charge in [0, 0.05) is 37.9 Å². The summed E-state index contributed by atoms with van der Waals surface area (Å²) in [5, 5.41) is 0. The van der Waals surface area contributed by atoms with Crippen molar-refractivity contribution in [3.63, 3.8) is 0 Å². The number of hydrogen-bond acceptors (Lipinski definition) is 8. The van der Waals surface area contributed by atoms with Gasteiger partial charge in [0.2, 0.25) is 0 Å². The highest BCUT2D eigenvalue weighted by Crippen LogP contribution is 2.16. The molecule has 28 heavy (non-hydrogen) atoms. The highest BCUT2D eigenvalue weighted by Gasteiger charge is 2.28. The van der Waals surface area contributed by atoms with Gasteiger partial charge in [-0.3, -0.25) is 9.11 Å². The maximum atomic E-state index is 11.2. The standard InChI is InChI=1S/C14H29NO10S3/c1-14(16)6-2-7-15(8-3-11-26(17,18)19,9-4-12-27(20,21)22)10-5-13-28(23,24)25/h2-13H2,1H3,(H2-,17,18,19,20,21,22,23,24,25). The van der Waals surface area contributed by atoms with E-state index in [0.717, 1.165) is 0 Å². The minimum Gasteiger partial charge on any atom is -0.748 e. The number of nitrogens with zero attached hydrogens (tertiary/aromatic N) is 1. The highest BCUT2D eigenvalue weighted by atomic mass is 32.2. The molecule has 0 fully saturated rings. The van der Waals surface area contributed by atoms with Crippen molar-refractivity contribution in [2.75, 3.05) is 43.4 Å². The molecule has 0 radical (unpaired) electrons. The molecule has 0 aromatic heterocycles. The van der Waals surface area contributed by atoms with E-state index in [2.05, 4.69) is 0 Å². The van der Waals surface area contributed by atoms with Crippen molar-refractivity contribution >= 4 is 36.1 Å². The Kier molecular flexibility index (Phi) is 11.3. The molecule has 11 nitrogen and oxygen atoms in total. The van der Waals surface area contributed by atoms with Gasteiger partial charge in [-0.1, -0.05) is 0 Å². The quantitative estimate of drug-likeness (QED) is 0.225. The summed E-state index contributed by atoms with van der Waals surface area (Å²) >= 11 is 0. The van der Waals surface area contributed by atoms with Gasteiger partial charge in [0.25, 0.3) is 20.2 Å². The van der Waals surface area contributed by atoms with Gasteiger partial charge in [0.1, 0.15) is 5.78 Å². The van der Waals surface area contributed by atoms with Gasteiger partial charge in [-0.05, 0) is 6.92 Å². The first kappa shape index (κ1) is 27.4. The molecule has 0 heterocycles. The van der Waals surface area contributed by atoms with Crippen molar-refractivity contribution in [2.45, 2.75) is 39.0 Å². The Bertz CT molecular complexity index is 709. The minimum atomic E-state index is -4.45. The molecule has 0 saturated carbocycles. The third-order valence-electron chi connectivity index (χ3n) is 4.26.